The lowest BCUT2D eigenvalue weighted by atomic mass is 10.1. The molecular formula is C18H12ClNO6. The number of carbonyl (C=O) groups is 3. The molecule has 4 rings (SSSR count). The third-order valence-corrected chi connectivity index (χ3v) is 4.33. The van der Waals surface area contributed by atoms with Crippen molar-refractivity contribution in [1.82, 2.24) is 4.90 Å². The molecule has 26 heavy (non-hydrogen) atoms. The van der Waals surface area contributed by atoms with Gasteiger partial charge in [-0.05, 0) is 29.8 Å². The van der Waals surface area contributed by atoms with Gasteiger partial charge in [0.25, 0.3) is 11.8 Å². The zero-order valence-electron chi connectivity index (χ0n) is 13.4. The monoisotopic (exact) mass is 373 g/mol. The summed E-state index contributed by atoms with van der Waals surface area (Å²) >= 11 is 6.07. The largest absolute Gasteiger partial charge is 0.459 e. The van der Waals surface area contributed by atoms with Crippen molar-refractivity contribution in [1.29, 1.82) is 0 Å². The number of benzene rings is 2. The number of carbonyl (C=O) groups excluding carboxylic acids is 3. The van der Waals surface area contributed by atoms with Crippen LogP contribution in [0.2, 0.25) is 5.02 Å². The Balaban J connectivity index is 1.40. The van der Waals surface area contributed by atoms with E-state index >= 15 is 0 Å². The van der Waals surface area contributed by atoms with Crippen LogP contribution in [0, 0.1) is 0 Å². The van der Waals surface area contributed by atoms with Crippen LogP contribution in [0.3, 0.4) is 0 Å². The molecule has 2 heterocycles. The topological polar surface area (TPSA) is 82.1 Å². The van der Waals surface area contributed by atoms with Crippen LogP contribution in [0.25, 0.3) is 0 Å². The summed E-state index contributed by atoms with van der Waals surface area (Å²) in [5.74, 6) is -0.785. The molecule has 132 valence electrons. The molecule has 0 saturated carbocycles. The van der Waals surface area contributed by atoms with Crippen molar-refractivity contribution in [3.63, 3.8) is 0 Å². The summed E-state index contributed by atoms with van der Waals surface area (Å²) < 4.78 is 15.6. The van der Waals surface area contributed by atoms with Crippen LogP contribution in [0.15, 0.2) is 36.4 Å². The number of fused-ring (bicyclic) bond motifs is 2. The molecule has 0 unspecified atom stereocenters. The van der Waals surface area contributed by atoms with Gasteiger partial charge in [0.05, 0.1) is 16.1 Å². The first kappa shape index (κ1) is 16.4. The molecule has 0 fully saturated rings. The molecular weight excluding hydrogens is 362 g/mol. The summed E-state index contributed by atoms with van der Waals surface area (Å²) in [6.07, 6.45) is 0. The van der Waals surface area contributed by atoms with Gasteiger partial charge in [-0.1, -0.05) is 23.7 Å². The highest BCUT2D eigenvalue weighted by Crippen LogP contribution is 2.39. The molecule has 2 aromatic rings. The highest BCUT2D eigenvalue weighted by Gasteiger charge is 2.36. The molecule has 0 aliphatic carbocycles. The van der Waals surface area contributed by atoms with E-state index in [-0.39, 0.29) is 24.5 Å². The fourth-order valence-corrected chi connectivity index (χ4v) is 3.11. The third kappa shape index (κ3) is 2.76. The first-order valence-electron chi connectivity index (χ1n) is 7.73. The molecule has 0 radical (unpaired) electrons. The van der Waals surface area contributed by atoms with Crippen LogP contribution in [0.1, 0.15) is 26.3 Å². The molecule has 0 aromatic heterocycles. The molecule has 2 aliphatic rings. The second-order valence-electron chi connectivity index (χ2n) is 5.71. The van der Waals surface area contributed by atoms with Crippen LogP contribution >= 0.6 is 11.6 Å². The Morgan fingerprint density at radius 3 is 2.50 bits per heavy atom. The summed E-state index contributed by atoms with van der Waals surface area (Å²) in [6.45, 7) is -0.443. The van der Waals surface area contributed by atoms with Crippen molar-refractivity contribution in [3.8, 4) is 11.5 Å². The van der Waals surface area contributed by atoms with Crippen molar-refractivity contribution in [2.24, 2.45) is 0 Å². The van der Waals surface area contributed by atoms with E-state index in [1.165, 1.54) is 0 Å². The minimum atomic E-state index is -0.701. The number of imide groups is 1. The summed E-state index contributed by atoms with van der Waals surface area (Å²) in [4.78, 5) is 37.4. The average molecular weight is 374 g/mol. The number of nitrogens with zero attached hydrogens (tertiary/aromatic N) is 1. The van der Waals surface area contributed by atoms with Crippen LogP contribution in [0.5, 0.6) is 11.5 Å². The fraction of sp³-hybridized carbons (Fsp3) is 0.167. The predicted octanol–water partition coefficient (Wildman–Crippen LogP) is 2.41. The summed E-state index contributed by atoms with van der Waals surface area (Å²) in [7, 11) is 0. The van der Waals surface area contributed by atoms with Gasteiger partial charge in [0.2, 0.25) is 6.79 Å². The van der Waals surface area contributed by atoms with Gasteiger partial charge < -0.3 is 14.2 Å². The predicted molar refractivity (Wildman–Crippen MR) is 89.2 cm³/mol. The van der Waals surface area contributed by atoms with Crippen LogP contribution in [-0.4, -0.2) is 36.0 Å². The lowest BCUT2D eigenvalue weighted by Gasteiger charge is -2.13. The lowest BCUT2D eigenvalue weighted by Crippen LogP contribution is -2.35. The van der Waals surface area contributed by atoms with E-state index < -0.39 is 24.3 Å². The van der Waals surface area contributed by atoms with Crippen molar-refractivity contribution in [2.45, 2.75) is 6.61 Å². The van der Waals surface area contributed by atoms with Crippen molar-refractivity contribution < 1.29 is 28.6 Å². The minimum absolute atomic E-state index is 0.0711. The number of hydrogen-bond donors (Lipinski definition) is 0. The lowest BCUT2D eigenvalue weighted by molar-refractivity contribution is -0.145. The van der Waals surface area contributed by atoms with Crippen LogP contribution in [0.4, 0.5) is 0 Å². The SMILES string of the molecule is O=C(CN1C(=O)c2ccccc2C1=O)OCc1cc(Cl)c2c(c1)OCO2. The third-order valence-electron chi connectivity index (χ3n) is 4.05. The highest BCUT2D eigenvalue weighted by atomic mass is 35.5. The average Bonchev–Trinajstić information content (AvgIpc) is 3.20. The van der Waals surface area contributed by atoms with E-state index in [0.717, 1.165) is 4.90 Å². The molecule has 0 bridgehead atoms. The molecule has 0 saturated heterocycles. The molecule has 0 N–H and O–H groups in total. The zero-order chi connectivity index (χ0) is 18.3. The Morgan fingerprint density at radius 1 is 1.12 bits per heavy atom. The first-order valence-corrected chi connectivity index (χ1v) is 8.11. The molecule has 2 aliphatic heterocycles. The van der Waals surface area contributed by atoms with Gasteiger partial charge in [-0.15, -0.1) is 0 Å². The molecule has 2 amide bonds. The molecule has 0 spiro atoms. The first-order chi connectivity index (χ1) is 12.5. The second kappa shape index (κ2) is 6.34. The number of halogens is 1. The van der Waals surface area contributed by atoms with E-state index in [0.29, 0.717) is 22.1 Å². The maximum Gasteiger partial charge on any atom is 0.326 e. The summed E-state index contributed by atoms with van der Waals surface area (Å²) in [5, 5.41) is 0.353. The minimum Gasteiger partial charge on any atom is -0.459 e. The molecule has 7 nitrogen and oxygen atoms in total. The Labute approximate surface area is 153 Å². The summed E-state index contributed by atoms with van der Waals surface area (Å²) in [6, 6.07) is 9.68. The van der Waals surface area contributed by atoms with Gasteiger partial charge in [0, 0.05) is 0 Å². The number of hydrogen-bond acceptors (Lipinski definition) is 6. The van der Waals surface area contributed by atoms with Crippen molar-refractivity contribution in [3.05, 3.63) is 58.1 Å². The van der Waals surface area contributed by atoms with E-state index in [1.807, 2.05) is 0 Å². The summed E-state index contributed by atoms with van der Waals surface area (Å²) in [5.41, 5.74) is 1.18. The molecule has 2 aromatic carbocycles. The van der Waals surface area contributed by atoms with Gasteiger partial charge in [-0.3, -0.25) is 19.3 Å². The van der Waals surface area contributed by atoms with Crippen molar-refractivity contribution in [2.75, 3.05) is 13.3 Å². The number of rotatable bonds is 4. The van der Waals surface area contributed by atoms with E-state index in [1.54, 1.807) is 36.4 Å². The van der Waals surface area contributed by atoms with Crippen LogP contribution in [-0.2, 0) is 16.1 Å². The van der Waals surface area contributed by atoms with E-state index in [2.05, 4.69) is 0 Å². The van der Waals surface area contributed by atoms with Crippen molar-refractivity contribution >= 4 is 29.4 Å². The number of esters is 1. The Hall–Kier alpha value is -3.06. The van der Waals surface area contributed by atoms with E-state index in [4.69, 9.17) is 25.8 Å². The Morgan fingerprint density at radius 2 is 1.81 bits per heavy atom. The Bertz CT molecular complexity index is 906. The smallest absolute Gasteiger partial charge is 0.326 e. The quantitative estimate of drug-likeness (QED) is 0.604. The maximum absolute atomic E-state index is 12.2. The van der Waals surface area contributed by atoms with Gasteiger partial charge in [-0.25, -0.2) is 0 Å². The molecule has 8 heteroatoms. The van der Waals surface area contributed by atoms with Gasteiger partial charge in [0.15, 0.2) is 11.5 Å². The van der Waals surface area contributed by atoms with Gasteiger partial charge in [0.1, 0.15) is 13.2 Å². The molecule has 0 atom stereocenters. The normalized spacial score (nSPS) is 14.6. The second-order valence-corrected chi connectivity index (χ2v) is 6.12. The van der Waals surface area contributed by atoms with Crippen LogP contribution < -0.4 is 9.47 Å². The van der Waals surface area contributed by atoms with E-state index in [9.17, 15) is 14.4 Å². The zero-order valence-corrected chi connectivity index (χ0v) is 14.1. The standard InChI is InChI=1S/C18H12ClNO6/c19-13-5-10(6-14-16(13)26-9-25-14)8-24-15(21)7-20-17(22)11-3-1-2-4-12(11)18(20)23/h1-6H,7-9H2. The van der Waals surface area contributed by atoms with Gasteiger partial charge >= 0.3 is 5.97 Å². The number of ether oxygens (including phenoxy) is 3. The number of amides is 2. The maximum atomic E-state index is 12.2. The highest BCUT2D eigenvalue weighted by molar-refractivity contribution is 6.32. The Kier molecular flexibility index (Phi) is 4.00. The van der Waals surface area contributed by atoms with Gasteiger partial charge in [-0.2, -0.15) is 0 Å². The fourth-order valence-electron chi connectivity index (χ4n) is 2.83.